The summed E-state index contributed by atoms with van der Waals surface area (Å²) in [5.41, 5.74) is 1.75. The zero-order valence-electron chi connectivity index (χ0n) is 15.0. The SMILES string of the molecule is COc1ccc(NC(=O)CC(=O)Nc2cccc3cccnc23)cc1OC. The van der Waals surface area contributed by atoms with E-state index < -0.39 is 11.8 Å². The van der Waals surface area contributed by atoms with E-state index in [1.807, 2.05) is 24.3 Å². The lowest BCUT2D eigenvalue weighted by atomic mass is 10.2. The van der Waals surface area contributed by atoms with Crippen molar-refractivity contribution in [1.29, 1.82) is 0 Å². The second kappa shape index (κ2) is 8.18. The van der Waals surface area contributed by atoms with Crippen LogP contribution >= 0.6 is 0 Å². The van der Waals surface area contributed by atoms with Gasteiger partial charge < -0.3 is 20.1 Å². The number of benzene rings is 2. The first-order valence-corrected chi connectivity index (χ1v) is 8.26. The van der Waals surface area contributed by atoms with Crippen molar-refractivity contribution in [3.8, 4) is 11.5 Å². The molecule has 27 heavy (non-hydrogen) atoms. The molecule has 0 saturated heterocycles. The number of fused-ring (bicyclic) bond motifs is 1. The van der Waals surface area contributed by atoms with Crippen LogP contribution in [0.2, 0.25) is 0 Å². The highest BCUT2D eigenvalue weighted by Gasteiger charge is 2.13. The number of anilines is 2. The van der Waals surface area contributed by atoms with E-state index in [1.165, 1.54) is 14.2 Å². The molecule has 0 aliphatic carbocycles. The maximum Gasteiger partial charge on any atom is 0.233 e. The Labute approximate surface area is 156 Å². The summed E-state index contributed by atoms with van der Waals surface area (Å²) >= 11 is 0. The lowest BCUT2D eigenvalue weighted by Crippen LogP contribution is -2.21. The average Bonchev–Trinajstić information content (AvgIpc) is 2.68. The minimum Gasteiger partial charge on any atom is -0.493 e. The van der Waals surface area contributed by atoms with Gasteiger partial charge in [0.25, 0.3) is 0 Å². The summed E-state index contributed by atoms with van der Waals surface area (Å²) < 4.78 is 10.4. The topological polar surface area (TPSA) is 89.5 Å². The molecule has 1 heterocycles. The maximum atomic E-state index is 12.2. The van der Waals surface area contributed by atoms with Gasteiger partial charge in [-0.1, -0.05) is 18.2 Å². The van der Waals surface area contributed by atoms with Crippen molar-refractivity contribution in [2.75, 3.05) is 24.9 Å². The van der Waals surface area contributed by atoms with E-state index >= 15 is 0 Å². The molecule has 0 spiro atoms. The Morgan fingerprint density at radius 1 is 0.926 bits per heavy atom. The predicted octanol–water partition coefficient (Wildman–Crippen LogP) is 3.22. The number of carbonyl (C=O) groups excluding carboxylic acids is 2. The number of methoxy groups -OCH3 is 2. The number of hydrogen-bond acceptors (Lipinski definition) is 5. The molecule has 1 aromatic heterocycles. The number of rotatable bonds is 6. The van der Waals surface area contributed by atoms with Crippen LogP contribution in [0.5, 0.6) is 11.5 Å². The predicted molar refractivity (Wildman–Crippen MR) is 103 cm³/mol. The van der Waals surface area contributed by atoms with Gasteiger partial charge in [-0.25, -0.2) is 0 Å². The van der Waals surface area contributed by atoms with E-state index in [0.717, 1.165) is 5.39 Å². The van der Waals surface area contributed by atoms with Crippen LogP contribution in [0.3, 0.4) is 0 Å². The molecule has 138 valence electrons. The molecule has 3 rings (SSSR count). The second-order valence-corrected chi connectivity index (χ2v) is 5.72. The Morgan fingerprint density at radius 2 is 1.67 bits per heavy atom. The van der Waals surface area contributed by atoms with Crippen LogP contribution in [-0.4, -0.2) is 31.0 Å². The summed E-state index contributed by atoms with van der Waals surface area (Å²) in [5.74, 6) is 0.178. The number of para-hydroxylation sites is 1. The Bertz CT molecular complexity index is 983. The van der Waals surface area contributed by atoms with Crippen LogP contribution in [-0.2, 0) is 9.59 Å². The monoisotopic (exact) mass is 365 g/mol. The summed E-state index contributed by atoms with van der Waals surface area (Å²) in [6, 6.07) is 14.2. The Hall–Kier alpha value is -3.61. The van der Waals surface area contributed by atoms with Crippen LogP contribution in [0.25, 0.3) is 10.9 Å². The van der Waals surface area contributed by atoms with Gasteiger partial charge in [-0.2, -0.15) is 0 Å². The molecule has 7 nitrogen and oxygen atoms in total. The smallest absolute Gasteiger partial charge is 0.233 e. The van der Waals surface area contributed by atoms with Crippen molar-refractivity contribution in [2.45, 2.75) is 6.42 Å². The van der Waals surface area contributed by atoms with Crippen LogP contribution in [0.15, 0.2) is 54.7 Å². The highest BCUT2D eigenvalue weighted by molar-refractivity contribution is 6.10. The van der Waals surface area contributed by atoms with Crippen molar-refractivity contribution in [3.05, 3.63) is 54.7 Å². The third-order valence-corrected chi connectivity index (χ3v) is 3.90. The highest BCUT2D eigenvalue weighted by atomic mass is 16.5. The fourth-order valence-corrected chi connectivity index (χ4v) is 2.66. The number of hydrogen-bond donors (Lipinski definition) is 2. The standard InChI is InChI=1S/C20H19N3O4/c1-26-16-9-8-14(11-17(16)27-2)22-18(24)12-19(25)23-15-7-3-5-13-6-4-10-21-20(13)15/h3-11H,12H2,1-2H3,(H,22,24)(H,23,25). The first kappa shape index (κ1) is 18.2. The highest BCUT2D eigenvalue weighted by Crippen LogP contribution is 2.29. The van der Waals surface area contributed by atoms with Gasteiger partial charge in [0.15, 0.2) is 11.5 Å². The van der Waals surface area contributed by atoms with Crippen LogP contribution in [0.1, 0.15) is 6.42 Å². The number of pyridine rings is 1. The fourth-order valence-electron chi connectivity index (χ4n) is 2.66. The van der Waals surface area contributed by atoms with Crippen molar-refractivity contribution >= 4 is 34.1 Å². The molecule has 2 N–H and O–H groups in total. The van der Waals surface area contributed by atoms with Gasteiger partial charge in [-0.3, -0.25) is 14.6 Å². The summed E-state index contributed by atoms with van der Waals surface area (Å²) in [4.78, 5) is 28.7. The molecule has 2 amide bonds. The van der Waals surface area contributed by atoms with Crippen LogP contribution in [0, 0.1) is 0 Å². The number of carbonyl (C=O) groups is 2. The van der Waals surface area contributed by atoms with Gasteiger partial charge in [0.05, 0.1) is 25.4 Å². The van der Waals surface area contributed by atoms with Crippen molar-refractivity contribution in [2.24, 2.45) is 0 Å². The minimum atomic E-state index is -0.437. The number of amides is 2. The number of aromatic nitrogens is 1. The molecule has 0 saturated carbocycles. The van der Waals surface area contributed by atoms with Crippen LogP contribution in [0.4, 0.5) is 11.4 Å². The van der Waals surface area contributed by atoms with E-state index in [9.17, 15) is 9.59 Å². The molecule has 0 fully saturated rings. The van der Waals surface area contributed by atoms with E-state index in [1.54, 1.807) is 30.5 Å². The quantitative estimate of drug-likeness (QED) is 0.655. The molecule has 2 aromatic carbocycles. The fraction of sp³-hybridized carbons (Fsp3) is 0.150. The van der Waals surface area contributed by atoms with E-state index in [-0.39, 0.29) is 6.42 Å². The lowest BCUT2D eigenvalue weighted by molar-refractivity contribution is -0.123. The van der Waals surface area contributed by atoms with Crippen molar-refractivity contribution in [1.82, 2.24) is 4.98 Å². The Kier molecular flexibility index (Phi) is 5.51. The lowest BCUT2D eigenvalue weighted by Gasteiger charge is -2.11. The van der Waals surface area contributed by atoms with Gasteiger partial charge >= 0.3 is 0 Å². The zero-order valence-corrected chi connectivity index (χ0v) is 15.0. The van der Waals surface area contributed by atoms with Gasteiger partial charge in [0, 0.05) is 23.3 Å². The van der Waals surface area contributed by atoms with Crippen LogP contribution < -0.4 is 20.1 Å². The molecule has 0 aliphatic rings. The molecular weight excluding hydrogens is 346 g/mol. The third kappa shape index (κ3) is 4.33. The molecule has 0 radical (unpaired) electrons. The Balaban J connectivity index is 1.65. The van der Waals surface area contributed by atoms with Gasteiger partial charge in [-0.15, -0.1) is 0 Å². The van der Waals surface area contributed by atoms with E-state index in [2.05, 4.69) is 15.6 Å². The first-order chi connectivity index (χ1) is 13.1. The molecule has 7 heteroatoms. The number of nitrogens with zero attached hydrogens (tertiary/aromatic N) is 1. The molecule has 0 aliphatic heterocycles. The maximum absolute atomic E-state index is 12.2. The average molecular weight is 365 g/mol. The molecule has 0 unspecified atom stereocenters. The normalized spacial score (nSPS) is 10.3. The minimum absolute atomic E-state index is 0.322. The summed E-state index contributed by atoms with van der Waals surface area (Å²) in [6.45, 7) is 0. The molecule has 0 atom stereocenters. The molecule has 3 aromatic rings. The van der Waals surface area contributed by atoms with Gasteiger partial charge in [0.2, 0.25) is 11.8 Å². The van der Waals surface area contributed by atoms with E-state index in [4.69, 9.17) is 9.47 Å². The zero-order chi connectivity index (χ0) is 19.2. The third-order valence-electron chi connectivity index (χ3n) is 3.90. The number of ether oxygens (including phenoxy) is 2. The summed E-state index contributed by atoms with van der Waals surface area (Å²) in [5, 5.41) is 6.31. The largest absolute Gasteiger partial charge is 0.493 e. The van der Waals surface area contributed by atoms with E-state index in [0.29, 0.717) is 28.4 Å². The molecule has 0 bridgehead atoms. The van der Waals surface area contributed by atoms with Gasteiger partial charge in [-0.05, 0) is 24.3 Å². The number of nitrogens with one attached hydrogen (secondary N) is 2. The Morgan fingerprint density at radius 3 is 2.44 bits per heavy atom. The second-order valence-electron chi connectivity index (χ2n) is 5.72. The first-order valence-electron chi connectivity index (χ1n) is 8.26. The van der Waals surface area contributed by atoms with Crippen molar-refractivity contribution < 1.29 is 19.1 Å². The van der Waals surface area contributed by atoms with Gasteiger partial charge in [0.1, 0.15) is 6.42 Å². The summed E-state index contributed by atoms with van der Waals surface area (Å²) in [7, 11) is 3.04. The summed E-state index contributed by atoms with van der Waals surface area (Å²) in [6.07, 6.45) is 1.33. The van der Waals surface area contributed by atoms with Crippen molar-refractivity contribution in [3.63, 3.8) is 0 Å². The molecular formula is C20H19N3O4.